The van der Waals surface area contributed by atoms with Crippen molar-refractivity contribution in [2.75, 3.05) is 13.7 Å². The van der Waals surface area contributed by atoms with E-state index in [1.807, 2.05) is 35.2 Å². The SMILES string of the molecule is COC(=O)C[C@@]1(C)CC(c2cccc(Cl)c2)[C@@H](c2ccc(Cl)cc2)N([C@H](CNS(=O)(=O)c2cccs2)C2CC2)C1=O. The van der Waals surface area contributed by atoms with Gasteiger partial charge in [0.1, 0.15) is 4.21 Å². The van der Waals surface area contributed by atoms with Crippen molar-refractivity contribution in [3.8, 4) is 0 Å². The van der Waals surface area contributed by atoms with Crippen LogP contribution in [0.3, 0.4) is 0 Å². The van der Waals surface area contributed by atoms with Crippen LogP contribution in [-0.4, -0.2) is 44.9 Å². The molecule has 4 atom stereocenters. The molecule has 5 rings (SSSR count). The number of carbonyl (C=O) groups excluding carboxylic acids is 2. The maximum atomic E-state index is 14.6. The number of likely N-dealkylation sites (tertiary alicyclic amines) is 1. The molecule has 7 nitrogen and oxygen atoms in total. The fraction of sp³-hybridized carbons (Fsp3) is 0.400. The topological polar surface area (TPSA) is 92.8 Å². The summed E-state index contributed by atoms with van der Waals surface area (Å²) < 4.78 is 34.3. The second-order valence-corrected chi connectivity index (χ2v) is 14.9. The molecular formula is C30H32Cl2N2O5S2. The molecule has 1 N–H and O–H groups in total. The van der Waals surface area contributed by atoms with E-state index in [-0.39, 0.29) is 34.9 Å². The van der Waals surface area contributed by atoms with Crippen LogP contribution in [0.2, 0.25) is 10.0 Å². The Kier molecular flexibility index (Phi) is 8.83. The number of ether oxygens (including phenoxy) is 1. The summed E-state index contributed by atoms with van der Waals surface area (Å²) in [4.78, 5) is 29.1. The lowest BCUT2D eigenvalue weighted by molar-refractivity contribution is -0.162. The first kappa shape index (κ1) is 30.0. The quantitative estimate of drug-likeness (QED) is 0.259. The fourth-order valence-corrected chi connectivity index (χ4v) is 8.37. The van der Waals surface area contributed by atoms with Crippen molar-refractivity contribution in [3.63, 3.8) is 0 Å². The van der Waals surface area contributed by atoms with Crippen LogP contribution in [-0.2, 0) is 24.3 Å². The first-order chi connectivity index (χ1) is 19.5. The highest BCUT2D eigenvalue weighted by Gasteiger charge is 2.54. The molecule has 218 valence electrons. The molecule has 2 heterocycles. The van der Waals surface area contributed by atoms with Gasteiger partial charge in [-0.3, -0.25) is 9.59 Å². The van der Waals surface area contributed by atoms with E-state index >= 15 is 0 Å². The summed E-state index contributed by atoms with van der Waals surface area (Å²) in [5.41, 5.74) is 0.724. The van der Waals surface area contributed by atoms with Crippen LogP contribution < -0.4 is 4.72 Å². The number of thiophene rings is 1. The molecule has 11 heteroatoms. The zero-order chi connectivity index (χ0) is 29.4. The Labute approximate surface area is 254 Å². The molecular weight excluding hydrogens is 603 g/mol. The number of sulfonamides is 1. The van der Waals surface area contributed by atoms with E-state index in [1.165, 1.54) is 7.11 Å². The van der Waals surface area contributed by atoms with Crippen molar-refractivity contribution in [2.45, 2.75) is 54.8 Å². The maximum Gasteiger partial charge on any atom is 0.306 e. The van der Waals surface area contributed by atoms with E-state index in [2.05, 4.69) is 4.72 Å². The summed E-state index contributed by atoms with van der Waals surface area (Å²) in [5, 5.41) is 2.85. The minimum atomic E-state index is -3.76. The van der Waals surface area contributed by atoms with Gasteiger partial charge in [-0.05, 0) is 72.0 Å². The third kappa shape index (κ3) is 6.49. The van der Waals surface area contributed by atoms with Crippen molar-refractivity contribution >= 4 is 56.4 Å². The molecule has 0 bridgehead atoms. The van der Waals surface area contributed by atoms with Gasteiger partial charge in [0.2, 0.25) is 15.9 Å². The van der Waals surface area contributed by atoms with Crippen LogP contribution in [0, 0.1) is 11.3 Å². The van der Waals surface area contributed by atoms with E-state index < -0.39 is 33.5 Å². The Bertz CT molecular complexity index is 1510. The molecule has 1 amide bonds. The molecule has 1 aliphatic carbocycles. The third-order valence-corrected chi connectivity index (χ3v) is 11.4. The van der Waals surface area contributed by atoms with E-state index in [1.54, 1.807) is 42.6 Å². The van der Waals surface area contributed by atoms with Gasteiger partial charge in [-0.1, -0.05) is 60.5 Å². The van der Waals surface area contributed by atoms with Gasteiger partial charge in [0.15, 0.2) is 0 Å². The lowest BCUT2D eigenvalue weighted by Crippen LogP contribution is -2.59. The summed E-state index contributed by atoms with van der Waals surface area (Å²) in [6, 6.07) is 17.3. The molecule has 1 aromatic heterocycles. The smallest absolute Gasteiger partial charge is 0.306 e. The Morgan fingerprint density at radius 1 is 1.10 bits per heavy atom. The minimum absolute atomic E-state index is 0.0529. The zero-order valence-corrected chi connectivity index (χ0v) is 25.9. The molecule has 1 saturated carbocycles. The van der Waals surface area contributed by atoms with E-state index in [0.29, 0.717) is 16.5 Å². The number of rotatable bonds is 10. The van der Waals surface area contributed by atoms with Crippen LogP contribution in [0.5, 0.6) is 0 Å². The van der Waals surface area contributed by atoms with E-state index in [0.717, 1.165) is 35.3 Å². The number of halogens is 2. The summed E-state index contributed by atoms with van der Waals surface area (Å²) in [7, 11) is -2.45. The van der Waals surface area contributed by atoms with Crippen molar-refractivity contribution in [2.24, 2.45) is 11.3 Å². The predicted molar refractivity (Wildman–Crippen MR) is 161 cm³/mol. The van der Waals surface area contributed by atoms with Gasteiger partial charge in [0, 0.05) is 28.5 Å². The Morgan fingerprint density at radius 3 is 2.44 bits per heavy atom. The van der Waals surface area contributed by atoms with E-state index in [4.69, 9.17) is 27.9 Å². The lowest BCUT2D eigenvalue weighted by atomic mass is 9.67. The molecule has 2 aromatic carbocycles. The number of nitrogens with one attached hydrogen (secondary N) is 1. The third-order valence-electron chi connectivity index (χ3n) is 8.12. The van der Waals surface area contributed by atoms with Gasteiger partial charge in [0.25, 0.3) is 0 Å². The summed E-state index contributed by atoms with van der Waals surface area (Å²) in [5.74, 6) is -0.803. The van der Waals surface area contributed by atoms with Gasteiger partial charge >= 0.3 is 5.97 Å². The molecule has 1 aliphatic heterocycles. The largest absolute Gasteiger partial charge is 0.469 e. The molecule has 1 unspecified atom stereocenters. The van der Waals surface area contributed by atoms with Crippen molar-refractivity contribution < 1.29 is 22.7 Å². The lowest BCUT2D eigenvalue weighted by Gasteiger charge is -2.52. The van der Waals surface area contributed by atoms with Crippen molar-refractivity contribution in [3.05, 3.63) is 87.2 Å². The number of piperidine rings is 1. The minimum Gasteiger partial charge on any atom is -0.469 e. The molecule has 3 aromatic rings. The van der Waals surface area contributed by atoms with Crippen LogP contribution in [0.1, 0.15) is 55.7 Å². The first-order valence-electron chi connectivity index (χ1n) is 13.5. The standard InChI is InChI=1S/C30H32Cl2N2O5S2/c1-30(17-26(35)39-2)16-24(21-5-3-6-23(32)15-21)28(20-10-12-22(31)13-11-20)34(29(30)36)25(19-8-9-19)18-33-41(37,38)27-7-4-14-40-27/h3-7,10-15,19,24-25,28,33H,8-9,16-18H2,1-2H3/t24?,25-,28-,30-/m1/s1. The van der Waals surface area contributed by atoms with E-state index in [9.17, 15) is 18.0 Å². The fourth-order valence-electron chi connectivity index (χ4n) is 5.96. The number of carbonyl (C=O) groups is 2. The predicted octanol–water partition coefficient (Wildman–Crippen LogP) is 6.44. The highest BCUT2D eigenvalue weighted by Crippen LogP contribution is 2.54. The summed E-state index contributed by atoms with van der Waals surface area (Å²) in [6.45, 7) is 1.85. The number of hydrogen-bond donors (Lipinski definition) is 1. The highest BCUT2D eigenvalue weighted by atomic mass is 35.5. The number of hydrogen-bond acceptors (Lipinski definition) is 6. The average Bonchev–Trinajstić information content (AvgIpc) is 3.62. The van der Waals surface area contributed by atoms with Crippen molar-refractivity contribution in [1.29, 1.82) is 0 Å². The van der Waals surface area contributed by atoms with Crippen molar-refractivity contribution in [1.82, 2.24) is 9.62 Å². The van der Waals surface area contributed by atoms with Crippen LogP contribution in [0.4, 0.5) is 0 Å². The molecule has 0 spiro atoms. The Hall–Kier alpha value is -2.43. The van der Waals surface area contributed by atoms with Crippen LogP contribution >= 0.6 is 34.5 Å². The zero-order valence-electron chi connectivity index (χ0n) is 22.8. The molecule has 41 heavy (non-hydrogen) atoms. The number of methoxy groups -OCH3 is 1. The second kappa shape index (κ2) is 12.1. The number of esters is 1. The molecule has 2 fully saturated rings. The normalized spacial score (nSPS) is 23.8. The van der Waals surface area contributed by atoms with Gasteiger partial charge in [-0.2, -0.15) is 0 Å². The monoisotopic (exact) mass is 634 g/mol. The van der Waals surface area contributed by atoms with Crippen LogP contribution in [0.15, 0.2) is 70.3 Å². The van der Waals surface area contributed by atoms with Gasteiger partial charge in [-0.15, -0.1) is 11.3 Å². The van der Waals surface area contributed by atoms with Gasteiger partial charge in [0.05, 0.1) is 25.0 Å². The Balaban J connectivity index is 1.63. The molecule has 1 saturated heterocycles. The molecule has 2 aliphatic rings. The number of nitrogens with zero attached hydrogens (tertiary/aromatic N) is 1. The maximum absolute atomic E-state index is 14.6. The average molecular weight is 636 g/mol. The number of benzene rings is 2. The number of amides is 1. The van der Waals surface area contributed by atoms with Crippen LogP contribution in [0.25, 0.3) is 0 Å². The highest BCUT2D eigenvalue weighted by molar-refractivity contribution is 7.91. The second-order valence-electron chi connectivity index (χ2n) is 11.1. The molecule has 0 radical (unpaired) electrons. The summed E-state index contributed by atoms with van der Waals surface area (Å²) >= 11 is 13.8. The van der Waals surface area contributed by atoms with Gasteiger partial charge < -0.3 is 9.64 Å². The Morgan fingerprint density at radius 2 is 1.83 bits per heavy atom. The first-order valence-corrected chi connectivity index (χ1v) is 16.6. The van der Waals surface area contributed by atoms with Gasteiger partial charge in [-0.25, -0.2) is 13.1 Å². The summed E-state index contributed by atoms with van der Waals surface area (Å²) in [6.07, 6.45) is 2.03.